The van der Waals surface area contributed by atoms with E-state index in [1.54, 1.807) is 0 Å². The van der Waals surface area contributed by atoms with Crippen LogP contribution in [0.15, 0.2) is 18.3 Å². The van der Waals surface area contributed by atoms with Gasteiger partial charge in [0.1, 0.15) is 0 Å². The molecule has 1 rings (SSSR count). The first-order chi connectivity index (χ1) is 8.67. The van der Waals surface area contributed by atoms with Gasteiger partial charge in [0.25, 0.3) is 0 Å². The van der Waals surface area contributed by atoms with Crippen molar-refractivity contribution in [1.82, 2.24) is 9.88 Å². The van der Waals surface area contributed by atoms with E-state index in [9.17, 15) is 0 Å². The molecule has 0 unspecified atom stereocenters. The minimum absolute atomic E-state index is 0.625. The maximum atomic E-state index is 5.62. The molecular weight excluding hydrogens is 224 g/mol. The number of pyridine rings is 1. The second-order valence-electron chi connectivity index (χ2n) is 4.95. The van der Waals surface area contributed by atoms with Gasteiger partial charge in [-0.05, 0) is 44.8 Å². The van der Waals surface area contributed by atoms with Crippen LogP contribution in [0.4, 0.5) is 0 Å². The van der Waals surface area contributed by atoms with E-state index in [0.29, 0.717) is 5.92 Å². The van der Waals surface area contributed by atoms with Gasteiger partial charge in [0.15, 0.2) is 0 Å². The molecule has 1 heterocycles. The van der Waals surface area contributed by atoms with Gasteiger partial charge >= 0.3 is 0 Å². The van der Waals surface area contributed by atoms with Crippen LogP contribution in [0.2, 0.25) is 0 Å². The molecule has 0 amide bonds. The summed E-state index contributed by atoms with van der Waals surface area (Å²) in [5, 5.41) is 0. The molecule has 102 valence electrons. The number of hydrogen-bond acceptors (Lipinski definition) is 3. The molecule has 1 aromatic rings. The zero-order valence-corrected chi connectivity index (χ0v) is 12.1. The zero-order valence-electron chi connectivity index (χ0n) is 12.1. The topological polar surface area (TPSA) is 25.4 Å². The first-order valence-electron chi connectivity index (χ1n) is 6.90. The second kappa shape index (κ2) is 8.09. The second-order valence-corrected chi connectivity index (χ2v) is 4.95. The van der Waals surface area contributed by atoms with Crippen LogP contribution in [-0.4, -0.2) is 37.1 Å². The molecule has 0 N–H and O–H groups in total. The van der Waals surface area contributed by atoms with Crippen LogP contribution in [0.3, 0.4) is 0 Å². The summed E-state index contributed by atoms with van der Waals surface area (Å²) in [5.74, 6) is 1.36. The van der Waals surface area contributed by atoms with Crippen molar-refractivity contribution in [2.45, 2.75) is 39.0 Å². The molecule has 0 fully saturated rings. The first-order valence-corrected chi connectivity index (χ1v) is 6.90. The summed E-state index contributed by atoms with van der Waals surface area (Å²) in [6, 6.07) is 4.13. The van der Waals surface area contributed by atoms with E-state index in [4.69, 9.17) is 4.74 Å². The van der Waals surface area contributed by atoms with E-state index in [-0.39, 0.29) is 0 Å². The Hall–Kier alpha value is -1.09. The predicted octanol–water partition coefficient (Wildman–Crippen LogP) is 3.32. The largest absolute Gasteiger partial charge is 0.478 e. The lowest BCUT2D eigenvalue weighted by Crippen LogP contribution is -2.15. The molecule has 0 radical (unpaired) electrons. The fourth-order valence-electron chi connectivity index (χ4n) is 2.04. The molecular formula is C15H26N2O. The minimum Gasteiger partial charge on any atom is -0.478 e. The smallest absolute Gasteiger partial charge is 0.213 e. The third-order valence-electron chi connectivity index (χ3n) is 3.22. The quantitative estimate of drug-likeness (QED) is 0.662. The van der Waals surface area contributed by atoms with Crippen LogP contribution >= 0.6 is 0 Å². The molecule has 0 aromatic carbocycles. The highest BCUT2D eigenvalue weighted by molar-refractivity contribution is 5.21. The van der Waals surface area contributed by atoms with E-state index in [1.807, 2.05) is 12.3 Å². The van der Waals surface area contributed by atoms with E-state index in [2.05, 4.69) is 43.9 Å². The van der Waals surface area contributed by atoms with Gasteiger partial charge in [-0.15, -0.1) is 0 Å². The number of hydrogen-bond donors (Lipinski definition) is 0. The molecule has 1 aromatic heterocycles. The number of aromatic nitrogens is 1. The van der Waals surface area contributed by atoms with Crippen molar-refractivity contribution in [2.24, 2.45) is 0 Å². The molecule has 0 aliphatic rings. The molecule has 0 aliphatic heterocycles. The molecule has 0 aliphatic carbocycles. The van der Waals surface area contributed by atoms with E-state index in [0.717, 1.165) is 25.5 Å². The summed E-state index contributed by atoms with van der Waals surface area (Å²) < 4.78 is 5.62. The Balaban J connectivity index is 2.40. The molecule has 3 heteroatoms. The Kier molecular flexibility index (Phi) is 6.73. The summed E-state index contributed by atoms with van der Waals surface area (Å²) in [4.78, 5) is 6.54. The molecule has 0 saturated heterocycles. The van der Waals surface area contributed by atoms with Gasteiger partial charge in [0.2, 0.25) is 5.88 Å². The van der Waals surface area contributed by atoms with Crippen molar-refractivity contribution >= 4 is 0 Å². The fraction of sp³-hybridized carbons (Fsp3) is 0.667. The number of ether oxygens (including phenoxy) is 1. The first kappa shape index (κ1) is 15.0. The molecule has 0 spiro atoms. The summed E-state index contributed by atoms with van der Waals surface area (Å²) in [6.07, 6.45) is 5.32. The Morgan fingerprint density at radius 3 is 2.44 bits per heavy atom. The molecule has 3 nitrogen and oxygen atoms in total. The summed E-state index contributed by atoms with van der Waals surface area (Å²) in [7, 11) is 4.14. The van der Waals surface area contributed by atoms with Gasteiger partial charge < -0.3 is 9.64 Å². The standard InChI is InChI=1S/C15H26N2O/c1-5-13(6-2)14-8-9-15(16-12-14)18-11-7-10-17(3)4/h8-9,12-13H,5-7,10-11H2,1-4H3. The highest BCUT2D eigenvalue weighted by Crippen LogP contribution is 2.23. The van der Waals surface area contributed by atoms with Gasteiger partial charge in [0, 0.05) is 18.8 Å². The van der Waals surface area contributed by atoms with Crippen molar-refractivity contribution < 1.29 is 4.74 Å². The van der Waals surface area contributed by atoms with Crippen molar-refractivity contribution in [1.29, 1.82) is 0 Å². The monoisotopic (exact) mass is 250 g/mol. The SMILES string of the molecule is CCC(CC)c1ccc(OCCCN(C)C)nc1. The average Bonchev–Trinajstić information content (AvgIpc) is 2.37. The summed E-state index contributed by atoms with van der Waals surface area (Å²) in [6.45, 7) is 6.22. The Labute approximate surface area is 111 Å². The number of rotatable bonds is 8. The van der Waals surface area contributed by atoms with Gasteiger partial charge in [-0.2, -0.15) is 0 Å². The maximum absolute atomic E-state index is 5.62. The zero-order chi connectivity index (χ0) is 13.4. The lowest BCUT2D eigenvalue weighted by molar-refractivity contribution is 0.273. The lowest BCUT2D eigenvalue weighted by atomic mass is 9.96. The summed E-state index contributed by atoms with van der Waals surface area (Å²) >= 11 is 0. The third kappa shape index (κ3) is 5.05. The van der Waals surface area contributed by atoms with Gasteiger partial charge in [-0.3, -0.25) is 0 Å². The molecule has 0 bridgehead atoms. The van der Waals surface area contributed by atoms with Crippen molar-refractivity contribution in [2.75, 3.05) is 27.2 Å². The van der Waals surface area contributed by atoms with Crippen LogP contribution in [0.1, 0.15) is 44.6 Å². The van der Waals surface area contributed by atoms with Crippen LogP contribution in [0, 0.1) is 0 Å². The van der Waals surface area contributed by atoms with E-state index < -0.39 is 0 Å². The van der Waals surface area contributed by atoms with Crippen molar-refractivity contribution in [3.05, 3.63) is 23.9 Å². The maximum Gasteiger partial charge on any atom is 0.213 e. The fourth-order valence-corrected chi connectivity index (χ4v) is 2.04. The van der Waals surface area contributed by atoms with Crippen molar-refractivity contribution in [3.8, 4) is 5.88 Å². The lowest BCUT2D eigenvalue weighted by Gasteiger charge is -2.13. The van der Waals surface area contributed by atoms with Crippen molar-refractivity contribution in [3.63, 3.8) is 0 Å². The van der Waals surface area contributed by atoms with Crippen LogP contribution < -0.4 is 4.74 Å². The van der Waals surface area contributed by atoms with Gasteiger partial charge in [-0.1, -0.05) is 19.9 Å². The number of nitrogens with zero attached hydrogens (tertiary/aromatic N) is 2. The van der Waals surface area contributed by atoms with Crippen LogP contribution in [0.5, 0.6) is 5.88 Å². The predicted molar refractivity (Wildman–Crippen MR) is 76.2 cm³/mol. The van der Waals surface area contributed by atoms with E-state index in [1.165, 1.54) is 18.4 Å². The molecule has 0 saturated carbocycles. The minimum atomic E-state index is 0.625. The van der Waals surface area contributed by atoms with E-state index >= 15 is 0 Å². The highest BCUT2D eigenvalue weighted by Gasteiger charge is 2.07. The molecule has 0 atom stereocenters. The average molecular weight is 250 g/mol. The Morgan fingerprint density at radius 1 is 1.22 bits per heavy atom. The Morgan fingerprint density at radius 2 is 1.94 bits per heavy atom. The third-order valence-corrected chi connectivity index (χ3v) is 3.22. The van der Waals surface area contributed by atoms with Gasteiger partial charge in [-0.25, -0.2) is 4.98 Å². The van der Waals surface area contributed by atoms with Crippen LogP contribution in [-0.2, 0) is 0 Å². The normalized spacial score (nSPS) is 11.2. The highest BCUT2D eigenvalue weighted by atomic mass is 16.5. The summed E-state index contributed by atoms with van der Waals surface area (Å²) in [5.41, 5.74) is 1.32. The van der Waals surface area contributed by atoms with Crippen LogP contribution in [0.25, 0.3) is 0 Å². The molecule has 18 heavy (non-hydrogen) atoms. The Bertz CT molecular complexity index is 318. The van der Waals surface area contributed by atoms with Gasteiger partial charge in [0.05, 0.1) is 6.61 Å².